The number of pyridine rings is 1. The SMILES string of the molecule is CCOc1cc(C(C(=O)NCc2ccccc2S(=O)(=O)CC)N(N)c2ccc3cnccc3c2)ccc1OC(C)C. The van der Waals surface area contributed by atoms with Crippen LogP contribution in [0.15, 0.2) is 84.0 Å². The second-order valence-corrected chi connectivity index (χ2v) is 12.0. The van der Waals surface area contributed by atoms with E-state index in [1.165, 1.54) is 5.01 Å². The summed E-state index contributed by atoms with van der Waals surface area (Å²) in [7, 11) is -3.48. The third-order valence-corrected chi connectivity index (χ3v) is 8.36. The number of fused-ring (bicyclic) bond motifs is 1. The zero-order chi connectivity index (χ0) is 29.6. The number of hydrogen-bond acceptors (Lipinski definition) is 8. The van der Waals surface area contributed by atoms with E-state index in [0.29, 0.717) is 34.9 Å². The van der Waals surface area contributed by atoms with Crippen LogP contribution in [0.4, 0.5) is 5.69 Å². The van der Waals surface area contributed by atoms with Gasteiger partial charge in [-0.25, -0.2) is 14.3 Å². The molecule has 1 unspecified atom stereocenters. The number of ether oxygens (including phenoxy) is 2. The Morgan fingerprint density at radius 3 is 2.51 bits per heavy atom. The van der Waals surface area contributed by atoms with Crippen molar-refractivity contribution in [3.05, 3.63) is 90.3 Å². The maximum Gasteiger partial charge on any atom is 0.249 e. The number of benzene rings is 3. The zero-order valence-corrected chi connectivity index (χ0v) is 24.5. The molecule has 0 aliphatic rings. The fraction of sp³-hybridized carbons (Fsp3) is 0.290. The minimum Gasteiger partial charge on any atom is -0.490 e. The van der Waals surface area contributed by atoms with Crippen molar-refractivity contribution in [1.82, 2.24) is 10.3 Å². The van der Waals surface area contributed by atoms with E-state index in [4.69, 9.17) is 15.3 Å². The fourth-order valence-corrected chi connectivity index (χ4v) is 5.66. The van der Waals surface area contributed by atoms with Gasteiger partial charge in [0.1, 0.15) is 6.04 Å². The topological polar surface area (TPSA) is 124 Å². The minimum absolute atomic E-state index is 0.00876. The predicted molar refractivity (Wildman–Crippen MR) is 161 cm³/mol. The maximum absolute atomic E-state index is 13.9. The van der Waals surface area contributed by atoms with Gasteiger partial charge in [0.2, 0.25) is 5.91 Å². The van der Waals surface area contributed by atoms with Crippen molar-refractivity contribution in [3.8, 4) is 11.5 Å². The molecular weight excluding hydrogens is 540 g/mol. The summed E-state index contributed by atoms with van der Waals surface area (Å²) in [5.74, 6) is 7.29. The molecule has 1 heterocycles. The molecule has 216 valence electrons. The molecule has 0 aliphatic carbocycles. The highest BCUT2D eigenvalue weighted by molar-refractivity contribution is 7.91. The summed E-state index contributed by atoms with van der Waals surface area (Å²) >= 11 is 0. The number of nitrogens with one attached hydrogen (secondary N) is 1. The molecule has 3 aromatic carbocycles. The van der Waals surface area contributed by atoms with Crippen molar-refractivity contribution in [2.75, 3.05) is 17.4 Å². The number of hydrogen-bond donors (Lipinski definition) is 2. The smallest absolute Gasteiger partial charge is 0.249 e. The van der Waals surface area contributed by atoms with E-state index in [2.05, 4.69) is 10.3 Å². The number of nitrogens with two attached hydrogens (primary N) is 1. The van der Waals surface area contributed by atoms with Crippen LogP contribution in [-0.4, -0.2) is 37.8 Å². The summed E-state index contributed by atoms with van der Waals surface area (Å²) in [4.78, 5) is 18.2. The Morgan fingerprint density at radius 1 is 1.00 bits per heavy atom. The Hall–Kier alpha value is -4.15. The van der Waals surface area contributed by atoms with Crippen LogP contribution in [0.25, 0.3) is 10.8 Å². The van der Waals surface area contributed by atoms with Crippen LogP contribution in [0.1, 0.15) is 44.9 Å². The first kappa shape index (κ1) is 29.8. The van der Waals surface area contributed by atoms with E-state index < -0.39 is 21.8 Å². The van der Waals surface area contributed by atoms with Gasteiger partial charge < -0.3 is 14.8 Å². The fourth-order valence-electron chi connectivity index (χ4n) is 4.52. The summed E-state index contributed by atoms with van der Waals surface area (Å²) in [5, 5.41) is 6.17. The first-order chi connectivity index (χ1) is 19.6. The molecule has 0 fully saturated rings. The number of carbonyl (C=O) groups is 1. The van der Waals surface area contributed by atoms with Crippen molar-refractivity contribution in [1.29, 1.82) is 0 Å². The van der Waals surface area contributed by atoms with E-state index in [0.717, 1.165) is 10.8 Å². The highest BCUT2D eigenvalue weighted by atomic mass is 32.2. The first-order valence-electron chi connectivity index (χ1n) is 13.5. The van der Waals surface area contributed by atoms with E-state index in [1.807, 2.05) is 45.0 Å². The third-order valence-electron chi connectivity index (χ3n) is 6.54. The molecule has 0 aliphatic heterocycles. The van der Waals surface area contributed by atoms with Crippen LogP contribution >= 0.6 is 0 Å². The molecule has 0 saturated carbocycles. The van der Waals surface area contributed by atoms with Crippen LogP contribution in [0, 0.1) is 0 Å². The van der Waals surface area contributed by atoms with Gasteiger partial charge in [-0.2, -0.15) is 0 Å². The van der Waals surface area contributed by atoms with Gasteiger partial charge in [0, 0.05) is 24.3 Å². The average molecular weight is 577 g/mol. The molecule has 0 saturated heterocycles. The van der Waals surface area contributed by atoms with Crippen molar-refractivity contribution in [2.45, 2.75) is 51.3 Å². The minimum atomic E-state index is -3.48. The lowest BCUT2D eigenvalue weighted by Gasteiger charge is -2.30. The van der Waals surface area contributed by atoms with Gasteiger partial charge in [-0.3, -0.25) is 14.8 Å². The number of amides is 1. The molecule has 0 bridgehead atoms. The van der Waals surface area contributed by atoms with E-state index in [9.17, 15) is 13.2 Å². The Labute approximate surface area is 241 Å². The van der Waals surface area contributed by atoms with Gasteiger partial charge >= 0.3 is 0 Å². The Morgan fingerprint density at radius 2 is 1.78 bits per heavy atom. The number of anilines is 1. The molecule has 0 spiro atoms. The van der Waals surface area contributed by atoms with Crippen LogP contribution in [0.2, 0.25) is 0 Å². The first-order valence-corrected chi connectivity index (χ1v) is 15.2. The zero-order valence-electron chi connectivity index (χ0n) is 23.7. The normalized spacial score (nSPS) is 12.2. The maximum atomic E-state index is 13.9. The number of hydrazine groups is 1. The molecule has 4 rings (SSSR count). The van der Waals surface area contributed by atoms with E-state index in [-0.39, 0.29) is 23.3 Å². The van der Waals surface area contributed by atoms with Crippen molar-refractivity contribution in [3.63, 3.8) is 0 Å². The Kier molecular flexibility index (Phi) is 9.46. The van der Waals surface area contributed by atoms with E-state index in [1.54, 1.807) is 61.8 Å². The van der Waals surface area contributed by atoms with Crippen LogP contribution in [0.3, 0.4) is 0 Å². The lowest BCUT2D eigenvalue weighted by atomic mass is 10.0. The van der Waals surface area contributed by atoms with Gasteiger partial charge in [-0.1, -0.05) is 37.3 Å². The average Bonchev–Trinajstić information content (AvgIpc) is 2.97. The molecule has 3 N–H and O–H groups in total. The molecule has 1 amide bonds. The molecule has 1 aromatic heterocycles. The molecule has 9 nitrogen and oxygen atoms in total. The summed E-state index contributed by atoms with van der Waals surface area (Å²) < 4.78 is 37.1. The standard InChI is InChI=1S/C31H36N4O5S/c1-5-39-28-18-23(12-14-27(28)40-21(3)4)30(35(32)26-13-11-24-19-33-16-15-22(24)17-26)31(36)34-20-25-9-7-8-10-29(25)41(37,38)6-2/h7-19,21,30H,5-6,20,32H2,1-4H3,(H,34,36). The third kappa shape index (κ3) is 6.96. The Balaban J connectivity index is 1.73. The highest BCUT2D eigenvalue weighted by Gasteiger charge is 2.28. The molecule has 41 heavy (non-hydrogen) atoms. The van der Waals surface area contributed by atoms with Crippen molar-refractivity contribution >= 4 is 32.2 Å². The van der Waals surface area contributed by atoms with Crippen molar-refractivity contribution < 1.29 is 22.7 Å². The predicted octanol–water partition coefficient (Wildman–Crippen LogP) is 4.95. The summed E-state index contributed by atoms with van der Waals surface area (Å²) in [6.45, 7) is 7.73. The number of rotatable bonds is 12. The monoisotopic (exact) mass is 576 g/mol. The second-order valence-electron chi connectivity index (χ2n) is 9.75. The highest BCUT2D eigenvalue weighted by Crippen LogP contribution is 2.35. The van der Waals surface area contributed by atoms with Crippen molar-refractivity contribution in [2.24, 2.45) is 5.84 Å². The number of nitrogens with zero attached hydrogens (tertiary/aromatic N) is 2. The van der Waals surface area contributed by atoms with Crippen LogP contribution in [-0.2, 0) is 21.2 Å². The molecule has 4 aromatic rings. The summed E-state index contributed by atoms with van der Waals surface area (Å²) in [6.07, 6.45) is 3.38. The summed E-state index contributed by atoms with van der Waals surface area (Å²) in [5.41, 5.74) is 1.69. The van der Waals surface area contributed by atoms with Gasteiger partial charge in [-0.15, -0.1) is 0 Å². The molecule has 1 atom stereocenters. The van der Waals surface area contributed by atoms with Gasteiger partial charge in [0.05, 0.1) is 29.0 Å². The van der Waals surface area contributed by atoms with Gasteiger partial charge in [-0.05, 0) is 73.7 Å². The van der Waals surface area contributed by atoms with Crippen LogP contribution in [0.5, 0.6) is 11.5 Å². The molecular formula is C31H36N4O5S. The molecule has 0 radical (unpaired) electrons. The number of aromatic nitrogens is 1. The summed E-state index contributed by atoms with van der Waals surface area (Å²) in [6, 6.07) is 18.5. The second kappa shape index (κ2) is 13.0. The lowest BCUT2D eigenvalue weighted by Crippen LogP contribution is -2.44. The van der Waals surface area contributed by atoms with Crippen LogP contribution < -0.4 is 25.6 Å². The molecule has 10 heteroatoms. The Bertz CT molecular complexity index is 1620. The quantitative estimate of drug-likeness (QED) is 0.179. The van der Waals surface area contributed by atoms with Gasteiger partial charge in [0.25, 0.3) is 0 Å². The largest absolute Gasteiger partial charge is 0.490 e. The van der Waals surface area contributed by atoms with E-state index >= 15 is 0 Å². The number of carbonyl (C=O) groups excluding carboxylic acids is 1. The lowest BCUT2D eigenvalue weighted by molar-refractivity contribution is -0.122. The van der Waals surface area contributed by atoms with Gasteiger partial charge in [0.15, 0.2) is 21.3 Å². The number of sulfone groups is 1.